The van der Waals surface area contributed by atoms with Crippen LogP contribution in [0.2, 0.25) is 0 Å². The SMILES string of the molecule is CSCC(CC1CCOc2ccccc21)NN. The Morgan fingerprint density at radius 3 is 3.12 bits per heavy atom. The molecule has 0 radical (unpaired) electrons. The van der Waals surface area contributed by atoms with Gasteiger partial charge in [0, 0.05) is 11.8 Å². The third-order valence-electron chi connectivity index (χ3n) is 3.26. The molecular weight excluding hydrogens is 232 g/mol. The van der Waals surface area contributed by atoms with Gasteiger partial charge in [-0.05, 0) is 36.6 Å². The molecule has 1 aliphatic rings. The van der Waals surface area contributed by atoms with E-state index < -0.39 is 0 Å². The summed E-state index contributed by atoms with van der Waals surface area (Å²) in [6.07, 6.45) is 4.28. The Balaban J connectivity index is 2.07. The van der Waals surface area contributed by atoms with E-state index in [0.29, 0.717) is 12.0 Å². The summed E-state index contributed by atoms with van der Waals surface area (Å²) in [7, 11) is 0. The van der Waals surface area contributed by atoms with Gasteiger partial charge < -0.3 is 4.74 Å². The lowest BCUT2D eigenvalue weighted by Gasteiger charge is -2.28. The summed E-state index contributed by atoms with van der Waals surface area (Å²) in [5.74, 6) is 8.26. The van der Waals surface area contributed by atoms with E-state index in [1.54, 1.807) is 0 Å². The van der Waals surface area contributed by atoms with Crippen LogP contribution in [-0.4, -0.2) is 24.7 Å². The highest BCUT2D eigenvalue weighted by atomic mass is 32.2. The topological polar surface area (TPSA) is 47.3 Å². The Hall–Kier alpha value is -0.710. The number of ether oxygens (including phenoxy) is 1. The highest BCUT2D eigenvalue weighted by molar-refractivity contribution is 7.98. The molecule has 1 aromatic carbocycles. The molecule has 0 saturated carbocycles. The zero-order chi connectivity index (χ0) is 12.1. The van der Waals surface area contributed by atoms with Crippen molar-refractivity contribution >= 4 is 11.8 Å². The first-order valence-electron chi connectivity index (χ1n) is 6.02. The molecule has 0 amide bonds. The molecule has 4 heteroatoms. The van der Waals surface area contributed by atoms with Crippen LogP contribution in [0.5, 0.6) is 5.75 Å². The molecule has 17 heavy (non-hydrogen) atoms. The monoisotopic (exact) mass is 252 g/mol. The average Bonchev–Trinajstić information content (AvgIpc) is 2.38. The van der Waals surface area contributed by atoms with Gasteiger partial charge in [-0.3, -0.25) is 11.3 Å². The minimum atomic E-state index is 0.376. The molecule has 2 unspecified atom stereocenters. The number of hydrazine groups is 1. The van der Waals surface area contributed by atoms with Crippen LogP contribution in [-0.2, 0) is 0 Å². The fraction of sp³-hybridized carbons (Fsp3) is 0.538. The summed E-state index contributed by atoms with van der Waals surface area (Å²) in [6.45, 7) is 0.818. The molecule has 3 nitrogen and oxygen atoms in total. The molecule has 0 saturated heterocycles. The van der Waals surface area contributed by atoms with E-state index in [1.165, 1.54) is 5.56 Å². The van der Waals surface area contributed by atoms with Gasteiger partial charge in [0.15, 0.2) is 0 Å². The van der Waals surface area contributed by atoms with Crippen LogP contribution in [0.25, 0.3) is 0 Å². The van der Waals surface area contributed by atoms with Crippen molar-refractivity contribution in [2.45, 2.75) is 24.8 Å². The second kappa shape index (κ2) is 6.28. The van der Waals surface area contributed by atoms with Crippen LogP contribution < -0.4 is 16.0 Å². The number of rotatable bonds is 5. The number of fused-ring (bicyclic) bond motifs is 1. The molecule has 0 spiro atoms. The molecule has 0 bridgehead atoms. The van der Waals surface area contributed by atoms with Crippen LogP contribution in [0, 0.1) is 0 Å². The van der Waals surface area contributed by atoms with Crippen LogP contribution in [0.4, 0.5) is 0 Å². The Labute approximate surface area is 107 Å². The zero-order valence-electron chi connectivity index (χ0n) is 10.2. The van der Waals surface area contributed by atoms with Crippen molar-refractivity contribution in [3.63, 3.8) is 0 Å². The summed E-state index contributed by atoms with van der Waals surface area (Å²) in [5.41, 5.74) is 4.25. The van der Waals surface area contributed by atoms with E-state index >= 15 is 0 Å². The number of benzene rings is 1. The van der Waals surface area contributed by atoms with E-state index in [-0.39, 0.29) is 0 Å². The van der Waals surface area contributed by atoms with E-state index in [0.717, 1.165) is 31.0 Å². The second-order valence-electron chi connectivity index (χ2n) is 4.43. The van der Waals surface area contributed by atoms with Crippen molar-refractivity contribution < 1.29 is 4.74 Å². The number of thioether (sulfide) groups is 1. The van der Waals surface area contributed by atoms with Crippen molar-refractivity contribution in [1.82, 2.24) is 5.43 Å². The van der Waals surface area contributed by atoms with Gasteiger partial charge in [0.1, 0.15) is 5.75 Å². The first kappa shape index (κ1) is 12.7. The van der Waals surface area contributed by atoms with Gasteiger partial charge in [-0.25, -0.2) is 0 Å². The van der Waals surface area contributed by atoms with Gasteiger partial charge in [0.05, 0.1) is 6.61 Å². The third kappa shape index (κ3) is 3.15. The number of nitrogens with one attached hydrogen (secondary N) is 1. The van der Waals surface area contributed by atoms with Gasteiger partial charge in [0.2, 0.25) is 0 Å². The van der Waals surface area contributed by atoms with E-state index in [2.05, 4.69) is 29.9 Å². The molecular formula is C13H20N2OS. The smallest absolute Gasteiger partial charge is 0.122 e. The minimum Gasteiger partial charge on any atom is -0.493 e. The zero-order valence-corrected chi connectivity index (χ0v) is 11.0. The third-order valence-corrected chi connectivity index (χ3v) is 3.99. The maximum Gasteiger partial charge on any atom is 0.122 e. The highest BCUT2D eigenvalue weighted by Gasteiger charge is 2.23. The molecule has 1 aliphatic heterocycles. The second-order valence-corrected chi connectivity index (χ2v) is 5.34. The fourth-order valence-electron chi connectivity index (χ4n) is 2.39. The molecule has 94 valence electrons. The number of hydrogen-bond donors (Lipinski definition) is 2. The summed E-state index contributed by atoms with van der Waals surface area (Å²) < 4.78 is 5.67. The van der Waals surface area contributed by atoms with Crippen molar-refractivity contribution in [2.75, 3.05) is 18.6 Å². The molecule has 3 N–H and O–H groups in total. The number of hydrogen-bond acceptors (Lipinski definition) is 4. The molecule has 2 atom stereocenters. The summed E-state index contributed by atoms with van der Waals surface area (Å²) in [4.78, 5) is 0. The lowest BCUT2D eigenvalue weighted by atomic mass is 9.88. The maximum absolute atomic E-state index is 5.67. The fourth-order valence-corrected chi connectivity index (χ4v) is 3.02. The van der Waals surface area contributed by atoms with E-state index in [1.807, 2.05) is 17.8 Å². The minimum absolute atomic E-state index is 0.376. The molecule has 0 aliphatic carbocycles. The van der Waals surface area contributed by atoms with E-state index in [9.17, 15) is 0 Å². The van der Waals surface area contributed by atoms with Crippen LogP contribution in [0.1, 0.15) is 24.3 Å². The van der Waals surface area contributed by atoms with Gasteiger partial charge >= 0.3 is 0 Å². The quantitative estimate of drug-likeness (QED) is 0.622. The molecule has 1 heterocycles. The largest absolute Gasteiger partial charge is 0.493 e. The first-order valence-corrected chi connectivity index (χ1v) is 7.41. The lowest BCUT2D eigenvalue weighted by Crippen LogP contribution is -2.38. The Kier molecular flexibility index (Phi) is 4.71. The predicted octanol–water partition coefficient (Wildman–Crippen LogP) is 2.14. The van der Waals surface area contributed by atoms with Crippen LogP contribution in [0.3, 0.4) is 0 Å². The number of nitrogens with two attached hydrogens (primary N) is 1. The van der Waals surface area contributed by atoms with Crippen LogP contribution in [0.15, 0.2) is 24.3 Å². The van der Waals surface area contributed by atoms with Gasteiger partial charge in [-0.15, -0.1) is 0 Å². The predicted molar refractivity (Wildman–Crippen MR) is 73.4 cm³/mol. The highest BCUT2D eigenvalue weighted by Crippen LogP contribution is 2.36. The van der Waals surface area contributed by atoms with Crippen LogP contribution >= 0.6 is 11.8 Å². The van der Waals surface area contributed by atoms with Crippen molar-refractivity contribution in [1.29, 1.82) is 0 Å². The van der Waals surface area contributed by atoms with Crippen molar-refractivity contribution in [3.05, 3.63) is 29.8 Å². The normalized spacial score (nSPS) is 20.5. The first-order chi connectivity index (χ1) is 8.35. The Morgan fingerprint density at radius 1 is 1.53 bits per heavy atom. The number of para-hydroxylation sites is 1. The van der Waals surface area contributed by atoms with Crippen molar-refractivity contribution in [2.24, 2.45) is 5.84 Å². The average molecular weight is 252 g/mol. The lowest BCUT2D eigenvalue weighted by molar-refractivity contribution is 0.257. The molecule has 0 aromatic heterocycles. The maximum atomic E-state index is 5.67. The summed E-state index contributed by atoms with van der Waals surface area (Å²) in [5, 5.41) is 0. The van der Waals surface area contributed by atoms with E-state index in [4.69, 9.17) is 10.6 Å². The Morgan fingerprint density at radius 2 is 2.35 bits per heavy atom. The molecule has 0 fully saturated rings. The summed E-state index contributed by atoms with van der Waals surface area (Å²) in [6, 6.07) is 8.72. The summed E-state index contributed by atoms with van der Waals surface area (Å²) >= 11 is 1.83. The Bertz CT molecular complexity index is 359. The molecule has 1 aromatic rings. The van der Waals surface area contributed by atoms with Gasteiger partial charge in [0.25, 0.3) is 0 Å². The standard InChI is InChI=1S/C13H20N2OS/c1-17-9-11(15-14)8-10-6-7-16-13-5-3-2-4-12(10)13/h2-5,10-11,15H,6-9,14H2,1H3. The van der Waals surface area contributed by atoms with Gasteiger partial charge in [-0.1, -0.05) is 18.2 Å². The molecule has 2 rings (SSSR count). The van der Waals surface area contributed by atoms with Gasteiger partial charge in [-0.2, -0.15) is 11.8 Å². The van der Waals surface area contributed by atoms with Crippen molar-refractivity contribution in [3.8, 4) is 5.75 Å².